The molecule has 2 heterocycles. The molecule has 3 fully saturated rings. The fourth-order valence-electron chi connectivity index (χ4n) is 5.73. The Bertz CT molecular complexity index is 876. The molecule has 2 aromatic rings. The van der Waals surface area contributed by atoms with Crippen LogP contribution < -0.4 is 5.32 Å². The highest BCUT2D eigenvalue weighted by Gasteiger charge is 2.48. The highest BCUT2D eigenvalue weighted by molar-refractivity contribution is 5.27. The van der Waals surface area contributed by atoms with E-state index in [1.807, 2.05) is 0 Å². The van der Waals surface area contributed by atoms with Gasteiger partial charge in [0.15, 0.2) is 0 Å². The first-order valence-corrected chi connectivity index (χ1v) is 11.9. The van der Waals surface area contributed by atoms with Gasteiger partial charge in [0.1, 0.15) is 0 Å². The molecular weight excluding hydrogens is 380 g/mol. The first-order chi connectivity index (χ1) is 15.3. The summed E-state index contributed by atoms with van der Waals surface area (Å²) >= 11 is 0. The molecule has 0 spiro atoms. The molecule has 2 saturated heterocycles. The maximum Gasteiger partial charge on any atom is 0.0642 e. The molecule has 2 atom stereocenters. The molecule has 0 unspecified atom stereocenters. The van der Waals surface area contributed by atoms with Gasteiger partial charge in [-0.1, -0.05) is 60.7 Å². The van der Waals surface area contributed by atoms with E-state index in [4.69, 9.17) is 0 Å². The van der Waals surface area contributed by atoms with Gasteiger partial charge in [-0.15, -0.1) is 0 Å². The Morgan fingerprint density at radius 3 is 2.32 bits per heavy atom. The van der Waals surface area contributed by atoms with Crippen molar-refractivity contribution in [2.24, 2.45) is 5.92 Å². The molecule has 2 aliphatic heterocycles. The standard InChI is InChI=1S/C27H34N4/c28-14-13-27(20-30(21-27)19-23-7-3-1-4-8-23)31-15-11-22(12-16-31)18-29-26-17-25(26)24-9-5-2-6-10-24/h1-10,22,25-26,29H,11-13,15-21H2/t25-,26+/m0/s1. The highest BCUT2D eigenvalue weighted by atomic mass is 15.4. The van der Waals surface area contributed by atoms with Crippen molar-refractivity contribution >= 4 is 0 Å². The zero-order chi connectivity index (χ0) is 21.1. The summed E-state index contributed by atoms with van der Waals surface area (Å²) in [5, 5.41) is 13.3. The molecule has 0 radical (unpaired) electrons. The van der Waals surface area contributed by atoms with E-state index < -0.39 is 0 Å². The van der Waals surface area contributed by atoms with Gasteiger partial charge < -0.3 is 5.32 Å². The molecule has 31 heavy (non-hydrogen) atoms. The number of nitrogens with one attached hydrogen (secondary N) is 1. The number of nitrogens with zero attached hydrogens (tertiary/aromatic N) is 3. The van der Waals surface area contributed by atoms with Crippen LogP contribution in [0.25, 0.3) is 0 Å². The Kier molecular flexibility index (Phi) is 6.09. The largest absolute Gasteiger partial charge is 0.313 e. The lowest BCUT2D eigenvalue weighted by atomic mass is 9.81. The van der Waals surface area contributed by atoms with Gasteiger partial charge in [0.05, 0.1) is 18.0 Å². The predicted octanol–water partition coefficient (Wildman–Crippen LogP) is 4.01. The first kappa shape index (κ1) is 20.7. The molecule has 1 aliphatic carbocycles. The fraction of sp³-hybridized carbons (Fsp3) is 0.519. The zero-order valence-corrected chi connectivity index (χ0v) is 18.4. The number of rotatable bonds is 8. The van der Waals surface area contributed by atoms with Crippen LogP contribution in [-0.2, 0) is 6.54 Å². The Balaban J connectivity index is 1.07. The van der Waals surface area contributed by atoms with Gasteiger partial charge in [0.2, 0.25) is 0 Å². The Morgan fingerprint density at radius 2 is 1.65 bits per heavy atom. The van der Waals surface area contributed by atoms with Gasteiger partial charge in [0.25, 0.3) is 0 Å². The third kappa shape index (κ3) is 4.70. The monoisotopic (exact) mass is 414 g/mol. The Hall–Kier alpha value is -2.19. The van der Waals surface area contributed by atoms with E-state index in [9.17, 15) is 5.26 Å². The second-order valence-electron chi connectivity index (χ2n) is 9.89. The Morgan fingerprint density at radius 1 is 0.968 bits per heavy atom. The van der Waals surface area contributed by atoms with E-state index in [1.165, 1.54) is 30.4 Å². The van der Waals surface area contributed by atoms with Crippen molar-refractivity contribution in [3.05, 3.63) is 71.8 Å². The first-order valence-electron chi connectivity index (χ1n) is 11.9. The predicted molar refractivity (Wildman–Crippen MR) is 125 cm³/mol. The molecule has 4 heteroatoms. The van der Waals surface area contributed by atoms with Crippen LogP contribution in [0.4, 0.5) is 0 Å². The lowest BCUT2D eigenvalue weighted by molar-refractivity contribution is -0.0698. The average molecular weight is 415 g/mol. The zero-order valence-electron chi connectivity index (χ0n) is 18.4. The van der Waals surface area contributed by atoms with Crippen LogP contribution in [-0.4, -0.2) is 54.1 Å². The minimum absolute atomic E-state index is 0.0802. The van der Waals surface area contributed by atoms with Gasteiger partial charge in [-0.05, 0) is 55.9 Å². The molecule has 3 aliphatic rings. The summed E-state index contributed by atoms with van der Waals surface area (Å²) in [6.07, 6.45) is 4.44. The number of nitriles is 1. The minimum atomic E-state index is 0.0802. The molecule has 4 nitrogen and oxygen atoms in total. The second kappa shape index (κ2) is 9.12. The van der Waals surface area contributed by atoms with Crippen LogP contribution in [0.2, 0.25) is 0 Å². The van der Waals surface area contributed by atoms with Crippen LogP contribution in [0.3, 0.4) is 0 Å². The van der Waals surface area contributed by atoms with Gasteiger partial charge in [-0.3, -0.25) is 9.80 Å². The molecule has 0 amide bonds. The molecule has 162 valence electrons. The summed E-state index contributed by atoms with van der Waals surface area (Å²) < 4.78 is 0. The number of benzene rings is 2. The van der Waals surface area contributed by atoms with Gasteiger partial charge in [0, 0.05) is 31.6 Å². The SMILES string of the molecule is N#CCC1(N2CCC(CN[C@@H]3C[C@H]3c3ccccc3)CC2)CN(Cc2ccccc2)C1. The van der Waals surface area contributed by atoms with Gasteiger partial charge in [-0.25, -0.2) is 0 Å². The van der Waals surface area contributed by atoms with E-state index in [2.05, 4.69) is 81.8 Å². The van der Waals surface area contributed by atoms with Gasteiger partial charge >= 0.3 is 0 Å². The van der Waals surface area contributed by atoms with Crippen LogP contribution >= 0.6 is 0 Å². The second-order valence-corrected chi connectivity index (χ2v) is 9.89. The summed E-state index contributed by atoms with van der Waals surface area (Å²) in [4.78, 5) is 5.13. The fourth-order valence-corrected chi connectivity index (χ4v) is 5.73. The number of hydrogen-bond donors (Lipinski definition) is 1. The van der Waals surface area contributed by atoms with E-state index >= 15 is 0 Å². The van der Waals surface area contributed by atoms with Crippen LogP contribution in [0.15, 0.2) is 60.7 Å². The number of hydrogen-bond acceptors (Lipinski definition) is 4. The van der Waals surface area contributed by atoms with Crippen LogP contribution in [0, 0.1) is 17.2 Å². The third-order valence-corrected chi connectivity index (χ3v) is 7.67. The van der Waals surface area contributed by atoms with Gasteiger partial charge in [-0.2, -0.15) is 5.26 Å². The molecule has 5 rings (SSSR count). The smallest absolute Gasteiger partial charge is 0.0642 e. The molecule has 2 aromatic carbocycles. The Labute approximate surface area is 186 Å². The quantitative estimate of drug-likeness (QED) is 0.709. The molecule has 1 N–H and O–H groups in total. The van der Waals surface area contributed by atoms with Crippen molar-refractivity contribution in [3.8, 4) is 6.07 Å². The maximum atomic E-state index is 9.49. The topological polar surface area (TPSA) is 42.3 Å². The van der Waals surface area contributed by atoms with E-state index in [0.29, 0.717) is 18.4 Å². The summed E-state index contributed by atoms with van der Waals surface area (Å²) in [5.74, 6) is 1.48. The summed E-state index contributed by atoms with van der Waals surface area (Å²) in [6.45, 7) is 6.48. The van der Waals surface area contributed by atoms with Crippen molar-refractivity contribution in [1.82, 2.24) is 15.1 Å². The summed E-state index contributed by atoms with van der Waals surface area (Å²) in [5.41, 5.74) is 2.93. The van der Waals surface area contributed by atoms with Crippen LogP contribution in [0.1, 0.15) is 42.7 Å². The van der Waals surface area contributed by atoms with E-state index in [1.54, 1.807) is 0 Å². The third-order valence-electron chi connectivity index (χ3n) is 7.67. The lowest BCUT2D eigenvalue weighted by Crippen LogP contribution is -2.70. The molecule has 1 saturated carbocycles. The lowest BCUT2D eigenvalue weighted by Gasteiger charge is -2.56. The molecule has 0 aromatic heterocycles. The minimum Gasteiger partial charge on any atom is -0.313 e. The average Bonchev–Trinajstić information content (AvgIpc) is 3.58. The van der Waals surface area contributed by atoms with Crippen molar-refractivity contribution in [1.29, 1.82) is 5.26 Å². The number of likely N-dealkylation sites (tertiary alicyclic amines) is 2. The highest BCUT2D eigenvalue weighted by Crippen LogP contribution is 2.41. The van der Waals surface area contributed by atoms with Crippen molar-refractivity contribution < 1.29 is 0 Å². The van der Waals surface area contributed by atoms with E-state index in [-0.39, 0.29) is 5.54 Å². The van der Waals surface area contributed by atoms with Crippen molar-refractivity contribution in [3.63, 3.8) is 0 Å². The normalized spacial score (nSPS) is 26.2. The van der Waals surface area contributed by atoms with Crippen molar-refractivity contribution in [2.75, 3.05) is 32.7 Å². The summed E-state index contributed by atoms with van der Waals surface area (Å²) in [6, 6.07) is 24.8. The van der Waals surface area contributed by atoms with Crippen molar-refractivity contribution in [2.45, 2.75) is 49.7 Å². The van der Waals surface area contributed by atoms with E-state index in [0.717, 1.165) is 45.2 Å². The molecule has 0 bridgehead atoms. The molecular formula is C27H34N4. The maximum absolute atomic E-state index is 9.49. The van der Waals surface area contributed by atoms with Crippen LogP contribution in [0.5, 0.6) is 0 Å². The number of piperidine rings is 1. The summed E-state index contributed by atoms with van der Waals surface area (Å²) in [7, 11) is 0.